The molecular weight excluding hydrogens is 514 g/mol. The largest absolute Gasteiger partial charge is 0.483 e. The summed E-state index contributed by atoms with van der Waals surface area (Å²) in [4.78, 5) is 14.1. The molecule has 2 aromatic heterocycles. The molecule has 1 aliphatic carbocycles. The maximum Gasteiger partial charge on any atom is 0.235 e. The molecule has 4 rings (SSSR count). The molecule has 3 aromatic rings. The van der Waals surface area contributed by atoms with Gasteiger partial charge in [0, 0.05) is 11.4 Å². The quantitative estimate of drug-likeness (QED) is 0.290. The van der Waals surface area contributed by atoms with Crippen molar-refractivity contribution in [3.63, 3.8) is 0 Å². The van der Waals surface area contributed by atoms with Crippen molar-refractivity contribution in [2.75, 3.05) is 11.1 Å². The number of thiophene rings is 1. The molecule has 1 aliphatic rings. The van der Waals surface area contributed by atoms with Crippen LogP contribution < -0.4 is 10.1 Å². The Morgan fingerprint density at radius 3 is 2.66 bits per heavy atom. The fourth-order valence-electron chi connectivity index (χ4n) is 4.80. The van der Waals surface area contributed by atoms with Gasteiger partial charge >= 0.3 is 0 Å². The number of ether oxygens (including phenoxy) is 1. The summed E-state index contributed by atoms with van der Waals surface area (Å²) < 4.78 is 8.16. The molecule has 0 saturated carbocycles. The number of fused-ring (bicyclic) bond motifs is 1. The van der Waals surface area contributed by atoms with E-state index in [9.17, 15) is 10.1 Å². The molecule has 0 radical (unpaired) electrons. The van der Waals surface area contributed by atoms with Crippen molar-refractivity contribution < 1.29 is 9.53 Å². The second-order valence-electron chi connectivity index (χ2n) is 10.8. The second kappa shape index (κ2) is 11.9. The lowest BCUT2D eigenvalue weighted by Gasteiger charge is -2.20. The number of nitrogens with one attached hydrogen (secondary N) is 1. The van der Waals surface area contributed by atoms with Crippen molar-refractivity contribution in [2.24, 2.45) is 5.92 Å². The predicted octanol–water partition coefficient (Wildman–Crippen LogP) is 6.91. The topological polar surface area (TPSA) is 92.8 Å². The van der Waals surface area contributed by atoms with Gasteiger partial charge in [-0.25, -0.2) is 0 Å². The van der Waals surface area contributed by atoms with Crippen LogP contribution >= 0.6 is 23.1 Å². The molecule has 0 bridgehead atoms. The second-order valence-corrected chi connectivity index (χ2v) is 12.8. The first kappa shape index (κ1) is 28.2. The molecule has 2 unspecified atom stereocenters. The number of carbonyl (C=O) groups excluding carboxylic acids is 1. The Morgan fingerprint density at radius 2 is 2.03 bits per heavy atom. The molecule has 0 saturated heterocycles. The fraction of sp³-hybridized carbons (Fsp3) is 0.517. The van der Waals surface area contributed by atoms with Gasteiger partial charge in [-0.2, -0.15) is 5.26 Å². The smallest absolute Gasteiger partial charge is 0.235 e. The van der Waals surface area contributed by atoms with Gasteiger partial charge in [-0.1, -0.05) is 58.0 Å². The van der Waals surface area contributed by atoms with E-state index in [1.54, 1.807) is 11.3 Å². The zero-order chi connectivity index (χ0) is 27.4. The molecule has 202 valence electrons. The number of anilines is 1. The number of carbonyl (C=O) groups is 1. The van der Waals surface area contributed by atoms with E-state index in [0.29, 0.717) is 28.2 Å². The molecule has 7 nitrogen and oxygen atoms in total. The molecule has 38 heavy (non-hydrogen) atoms. The first-order valence-corrected chi connectivity index (χ1v) is 15.1. The summed E-state index contributed by atoms with van der Waals surface area (Å²) >= 11 is 2.90. The van der Waals surface area contributed by atoms with Crippen LogP contribution in [0.15, 0.2) is 29.4 Å². The maximum absolute atomic E-state index is 12.8. The summed E-state index contributed by atoms with van der Waals surface area (Å²) in [5.74, 6) is 2.20. The number of rotatable bonds is 9. The van der Waals surface area contributed by atoms with E-state index >= 15 is 0 Å². The van der Waals surface area contributed by atoms with Crippen LogP contribution in [0, 0.1) is 17.2 Å². The zero-order valence-corrected chi connectivity index (χ0v) is 24.8. The normalized spacial score (nSPS) is 16.0. The summed E-state index contributed by atoms with van der Waals surface area (Å²) in [6.45, 7) is 13.4. The van der Waals surface area contributed by atoms with Crippen LogP contribution in [0.1, 0.15) is 87.9 Å². The highest BCUT2D eigenvalue weighted by molar-refractivity contribution is 7.99. The van der Waals surface area contributed by atoms with Gasteiger partial charge in [-0.05, 0) is 67.7 Å². The molecule has 0 spiro atoms. The Hall–Kier alpha value is -2.83. The van der Waals surface area contributed by atoms with E-state index in [4.69, 9.17) is 4.74 Å². The monoisotopic (exact) mass is 551 g/mol. The minimum absolute atomic E-state index is 0.0854. The van der Waals surface area contributed by atoms with Crippen LogP contribution in [0.2, 0.25) is 0 Å². The van der Waals surface area contributed by atoms with Gasteiger partial charge in [-0.15, -0.1) is 21.5 Å². The van der Waals surface area contributed by atoms with Crippen LogP contribution in [-0.2, 0) is 29.6 Å². The molecule has 1 N–H and O–H groups in total. The third-order valence-electron chi connectivity index (χ3n) is 7.10. The van der Waals surface area contributed by atoms with Gasteiger partial charge in [0.25, 0.3) is 0 Å². The van der Waals surface area contributed by atoms with E-state index in [0.717, 1.165) is 42.8 Å². The number of hydrogen-bond donors (Lipinski definition) is 1. The van der Waals surface area contributed by atoms with Crippen LogP contribution in [0.3, 0.4) is 0 Å². The first-order valence-electron chi connectivity index (χ1n) is 13.3. The minimum Gasteiger partial charge on any atom is -0.483 e. The first-order chi connectivity index (χ1) is 18.1. The highest BCUT2D eigenvalue weighted by Crippen LogP contribution is 2.40. The number of thioether (sulfide) groups is 1. The van der Waals surface area contributed by atoms with Crippen molar-refractivity contribution in [3.05, 3.63) is 51.7 Å². The molecule has 9 heteroatoms. The highest BCUT2D eigenvalue weighted by atomic mass is 32.2. The van der Waals surface area contributed by atoms with Gasteiger partial charge in [0.1, 0.15) is 16.8 Å². The number of aromatic nitrogens is 3. The summed E-state index contributed by atoms with van der Waals surface area (Å²) in [5, 5.41) is 22.8. The molecule has 2 atom stereocenters. The average molecular weight is 552 g/mol. The maximum atomic E-state index is 12.8. The number of nitriles is 1. The van der Waals surface area contributed by atoms with E-state index in [1.165, 1.54) is 22.2 Å². The Morgan fingerprint density at radius 1 is 1.29 bits per heavy atom. The third-order valence-corrected chi connectivity index (χ3v) is 9.24. The predicted molar refractivity (Wildman–Crippen MR) is 154 cm³/mol. The molecule has 1 aromatic carbocycles. The van der Waals surface area contributed by atoms with Gasteiger partial charge in [0.15, 0.2) is 17.1 Å². The lowest BCUT2D eigenvalue weighted by Crippen LogP contribution is -2.15. The number of nitrogens with zero attached hydrogens (tertiary/aromatic N) is 4. The van der Waals surface area contributed by atoms with E-state index < -0.39 is 0 Å². The summed E-state index contributed by atoms with van der Waals surface area (Å²) in [6, 6.07) is 10.5. The van der Waals surface area contributed by atoms with Crippen molar-refractivity contribution in [2.45, 2.75) is 90.4 Å². The lowest BCUT2D eigenvalue weighted by atomic mass is 9.86. The number of benzene rings is 1. The van der Waals surface area contributed by atoms with Crippen LogP contribution in [-0.4, -0.2) is 26.4 Å². The molecule has 2 heterocycles. The van der Waals surface area contributed by atoms with Crippen LogP contribution in [0.25, 0.3) is 0 Å². The summed E-state index contributed by atoms with van der Waals surface area (Å²) in [7, 11) is 0. The van der Waals surface area contributed by atoms with Gasteiger partial charge in [-0.3, -0.25) is 4.79 Å². The van der Waals surface area contributed by atoms with Crippen molar-refractivity contribution in [1.29, 1.82) is 5.26 Å². The fourth-order valence-corrected chi connectivity index (χ4v) is 6.93. The van der Waals surface area contributed by atoms with Crippen molar-refractivity contribution >= 4 is 34.0 Å². The Labute approximate surface area is 234 Å². The Balaban J connectivity index is 1.39. The highest BCUT2D eigenvalue weighted by Gasteiger charge is 2.26. The zero-order valence-electron chi connectivity index (χ0n) is 23.1. The molecule has 0 fully saturated rings. The number of hydrogen-bond acceptors (Lipinski definition) is 7. The van der Waals surface area contributed by atoms with E-state index in [2.05, 4.69) is 61.4 Å². The number of amides is 1. The standard InChI is InChI=1S/C29H37N5O2S2/c1-7-19-9-14-22-23(16-30)27(38-24(22)15-19)31-25(35)17-37-28-33-32-26(34(28)8-2)18(3)36-21-12-10-20(11-13-21)29(4,5)6/h10-13,18-19H,7-9,14-15,17H2,1-6H3,(H,31,35). The van der Waals surface area contributed by atoms with Crippen molar-refractivity contribution in [3.8, 4) is 11.8 Å². The van der Waals surface area contributed by atoms with Crippen LogP contribution in [0.4, 0.5) is 5.00 Å². The molecular formula is C29H37N5O2S2. The third kappa shape index (κ3) is 6.24. The Kier molecular flexibility index (Phi) is 8.84. The SMILES string of the molecule is CCC1CCc2c(sc(NC(=O)CSc3nnc(C(C)Oc4ccc(C(C)(C)C)cc4)n3CC)c2C#N)C1. The van der Waals surface area contributed by atoms with Crippen LogP contribution in [0.5, 0.6) is 5.75 Å². The average Bonchev–Trinajstić information content (AvgIpc) is 3.46. The molecule has 1 amide bonds. The van der Waals surface area contributed by atoms with Gasteiger partial charge in [0.2, 0.25) is 5.91 Å². The minimum atomic E-state index is -0.298. The van der Waals surface area contributed by atoms with Gasteiger partial charge < -0.3 is 14.6 Å². The summed E-state index contributed by atoms with van der Waals surface area (Å²) in [6.07, 6.45) is 3.87. The summed E-state index contributed by atoms with van der Waals surface area (Å²) in [5.41, 5.74) is 3.10. The molecule has 0 aliphatic heterocycles. The van der Waals surface area contributed by atoms with Crippen molar-refractivity contribution in [1.82, 2.24) is 14.8 Å². The van der Waals surface area contributed by atoms with E-state index in [1.807, 2.05) is 30.5 Å². The van der Waals surface area contributed by atoms with Gasteiger partial charge in [0.05, 0.1) is 11.3 Å². The van der Waals surface area contributed by atoms with E-state index in [-0.39, 0.29) is 23.2 Å². The Bertz CT molecular complexity index is 1310. The lowest BCUT2D eigenvalue weighted by molar-refractivity contribution is -0.113.